The Bertz CT molecular complexity index is 811. The first-order valence-electron chi connectivity index (χ1n) is 6.24. The summed E-state index contributed by atoms with van der Waals surface area (Å²) in [7, 11) is 0. The van der Waals surface area contributed by atoms with Crippen LogP contribution in [0.15, 0.2) is 58.5 Å². The molecule has 1 aromatic carbocycles. The number of carbonyl (C=O) groups is 1. The molecule has 0 saturated heterocycles. The van der Waals surface area contributed by atoms with Crippen molar-refractivity contribution < 1.29 is 4.79 Å². The minimum absolute atomic E-state index is 0.269. The second-order valence-electron chi connectivity index (χ2n) is 4.37. The first kappa shape index (κ1) is 13.5. The number of hydrogen-bond acceptors (Lipinski definition) is 3. The molecule has 104 valence electrons. The monoisotopic (exact) mass is 342 g/mol. The number of nitrogens with one attached hydrogen (secondary N) is 2. The number of hydrogen-bond donors (Lipinski definition) is 2. The Balaban J connectivity index is 1.76. The Morgan fingerprint density at radius 1 is 1.29 bits per heavy atom. The molecule has 0 unspecified atom stereocenters. The van der Waals surface area contributed by atoms with Crippen LogP contribution < -0.4 is 5.43 Å². The average molecular weight is 343 g/mol. The fourth-order valence-electron chi connectivity index (χ4n) is 1.95. The number of benzene rings is 1. The van der Waals surface area contributed by atoms with E-state index in [0.717, 1.165) is 20.9 Å². The standard InChI is InChI=1S/C15H11BrN4O/c16-12-1-2-14-13(7-12)11(8-18-14)9-19-20-15(21)10-3-5-17-6-4-10/h1-9,18H,(H,20,21). The van der Waals surface area contributed by atoms with E-state index < -0.39 is 0 Å². The first-order chi connectivity index (χ1) is 10.2. The van der Waals surface area contributed by atoms with Gasteiger partial charge >= 0.3 is 0 Å². The van der Waals surface area contributed by atoms with Crippen LogP contribution in [0, 0.1) is 0 Å². The number of carbonyl (C=O) groups excluding carboxylic acids is 1. The van der Waals surface area contributed by atoms with Gasteiger partial charge in [0, 0.05) is 45.1 Å². The number of amides is 1. The maximum Gasteiger partial charge on any atom is 0.271 e. The highest BCUT2D eigenvalue weighted by Crippen LogP contribution is 2.21. The molecule has 0 bridgehead atoms. The van der Waals surface area contributed by atoms with Gasteiger partial charge in [0.2, 0.25) is 0 Å². The Morgan fingerprint density at radius 3 is 2.90 bits per heavy atom. The van der Waals surface area contributed by atoms with Crippen LogP contribution in [0.4, 0.5) is 0 Å². The van der Waals surface area contributed by atoms with Gasteiger partial charge in [-0.3, -0.25) is 9.78 Å². The van der Waals surface area contributed by atoms with E-state index in [2.05, 4.69) is 36.4 Å². The van der Waals surface area contributed by atoms with Crippen molar-refractivity contribution in [1.29, 1.82) is 0 Å². The second kappa shape index (κ2) is 5.88. The van der Waals surface area contributed by atoms with Gasteiger partial charge in [-0.25, -0.2) is 5.43 Å². The molecule has 21 heavy (non-hydrogen) atoms. The van der Waals surface area contributed by atoms with Crippen LogP contribution in [-0.4, -0.2) is 22.1 Å². The predicted molar refractivity (Wildman–Crippen MR) is 85.3 cm³/mol. The molecule has 0 spiro atoms. The smallest absolute Gasteiger partial charge is 0.271 e. The van der Waals surface area contributed by atoms with Crippen molar-refractivity contribution in [3.63, 3.8) is 0 Å². The highest BCUT2D eigenvalue weighted by molar-refractivity contribution is 9.10. The summed E-state index contributed by atoms with van der Waals surface area (Å²) in [6, 6.07) is 9.20. The third-order valence-electron chi connectivity index (χ3n) is 2.99. The van der Waals surface area contributed by atoms with E-state index in [1.807, 2.05) is 24.4 Å². The molecule has 3 aromatic rings. The van der Waals surface area contributed by atoms with Gasteiger partial charge in [-0.1, -0.05) is 15.9 Å². The molecular weight excluding hydrogens is 332 g/mol. The minimum Gasteiger partial charge on any atom is -0.361 e. The Hall–Kier alpha value is -2.47. The quantitative estimate of drug-likeness (QED) is 0.567. The third-order valence-corrected chi connectivity index (χ3v) is 3.48. The molecule has 0 aliphatic heterocycles. The maximum absolute atomic E-state index is 11.8. The van der Waals surface area contributed by atoms with Crippen molar-refractivity contribution >= 4 is 39.0 Å². The molecule has 2 N–H and O–H groups in total. The lowest BCUT2D eigenvalue weighted by molar-refractivity contribution is 0.0955. The van der Waals surface area contributed by atoms with Gasteiger partial charge in [0.25, 0.3) is 5.91 Å². The van der Waals surface area contributed by atoms with Crippen LogP contribution in [0.1, 0.15) is 15.9 Å². The second-order valence-corrected chi connectivity index (χ2v) is 5.28. The number of pyridine rings is 1. The summed E-state index contributed by atoms with van der Waals surface area (Å²) in [6.45, 7) is 0. The molecule has 0 saturated carbocycles. The van der Waals surface area contributed by atoms with Gasteiger partial charge in [-0.15, -0.1) is 0 Å². The van der Waals surface area contributed by atoms with Crippen molar-refractivity contribution in [1.82, 2.24) is 15.4 Å². The molecule has 3 rings (SSSR count). The summed E-state index contributed by atoms with van der Waals surface area (Å²) >= 11 is 3.44. The molecule has 0 fully saturated rings. The fourth-order valence-corrected chi connectivity index (χ4v) is 2.31. The van der Waals surface area contributed by atoms with Gasteiger partial charge in [-0.2, -0.15) is 5.10 Å². The summed E-state index contributed by atoms with van der Waals surface area (Å²) in [4.78, 5) is 18.8. The summed E-state index contributed by atoms with van der Waals surface area (Å²) in [5.74, 6) is -0.269. The van der Waals surface area contributed by atoms with Gasteiger partial charge in [-0.05, 0) is 30.3 Å². The highest BCUT2D eigenvalue weighted by atomic mass is 79.9. The number of fused-ring (bicyclic) bond motifs is 1. The van der Waals surface area contributed by atoms with Crippen LogP contribution >= 0.6 is 15.9 Å². The van der Waals surface area contributed by atoms with Gasteiger partial charge in [0.1, 0.15) is 0 Å². The minimum atomic E-state index is -0.269. The molecule has 2 aromatic heterocycles. The molecule has 0 radical (unpaired) electrons. The van der Waals surface area contributed by atoms with E-state index in [1.165, 1.54) is 0 Å². The molecule has 6 heteroatoms. The van der Waals surface area contributed by atoms with E-state index >= 15 is 0 Å². The third kappa shape index (κ3) is 3.00. The topological polar surface area (TPSA) is 70.1 Å². The maximum atomic E-state index is 11.8. The van der Waals surface area contributed by atoms with Crippen molar-refractivity contribution in [2.45, 2.75) is 0 Å². The SMILES string of the molecule is O=C(NN=Cc1c[nH]c2ccc(Br)cc12)c1ccncc1. The summed E-state index contributed by atoms with van der Waals surface area (Å²) < 4.78 is 0.991. The number of halogens is 1. The van der Waals surface area contributed by atoms with Crippen LogP contribution in [0.2, 0.25) is 0 Å². The molecule has 2 heterocycles. The molecule has 1 amide bonds. The number of H-pyrrole nitrogens is 1. The molecule has 0 aliphatic carbocycles. The summed E-state index contributed by atoms with van der Waals surface area (Å²) in [5, 5.41) is 5.02. The van der Waals surface area contributed by atoms with Crippen LogP contribution in [0.25, 0.3) is 10.9 Å². The van der Waals surface area contributed by atoms with E-state index in [1.54, 1.807) is 30.7 Å². The normalized spacial score (nSPS) is 11.1. The van der Waals surface area contributed by atoms with E-state index in [0.29, 0.717) is 5.56 Å². The predicted octanol–water partition coefficient (Wildman–Crippen LogP) is 3.09. The average Bonchev–Trinajstić information content (AvgIpc) is 2.90. The molecule has 0 atom stereocenters. The van der Waals surface area contributed by atoms with Crippen LogP contribution in [0.5, 0.6) is 0 Å². The summed E-state index contributed by atoms with van der Waals surface area (Å²) in [5.41, 5.74) is 4.93. The molecule has 5 nitrogen and oxygen atoms in total. The Morgan fingerprint density at radius 2 is 2.10 bits per heavy atom. The lowest BCUT2D eigenvalue weighted by Gasteiger charge is -1.98. The molecular formula is C15H11BrN4O. The van der Waals surface area contributed by atoms with Crippen molar-refractivity contribution in [3.05, 3.63) is 64.5 Å². The van der Waals surface area contributed by atoms with Gasteiger partial charge in [0.15, 0.2) is 0 Å². The lowest BCUT2D eigenvalue weighted by atomic mass is 10.2. The Labute approximate surface area is 129 Å². The first-order valence-corrected chi connectivity index (χ1v) is 7.03. The largest absolute Gasteiger partial charge is 0.361 e. The van der Waals surface area contributed by atoms with Crippen molar-refractivity contribution in [2.24, 2.45) is 5.10 Å². The number of nitrogens with zero attached hydrogens (tertiary/aromatic N) is 2. The zero-order chi connectivity index (χ0) is 14.7. The lowest BCUT2D eigenvalue weighted by Crippen LogP contribution is -2.17. The van der Waals surface area contributed by atoms with Gasteiger partial charge in [0.05, 0.1) is 6.21 Å². The van der Waals surface area contributed by atoms with Crippen LogP contribution in [-0.2, 0) is 0 Å². The number of aromatic amines is 1. The van der Waals surface area contributed by atoms with E-state index in [-0.39, 0.29) is 5.91 Å². The zero-order valence-corrected chi connectivity index (χ0v) is 12.5. The number of aromatic nitrogens is 2. The van der Waals surface area contributed by atoms with Crippen LogP contribution in [0.3, 0.4) is 0 Å². The molecule has 0 aliphatic rings. The van der Waals surface area contributed by atoms with Crippen molar-refractivity contribution in [3.8, 4) is 0 Å². The fraction of sp³-hybridized carbons (Fsp3) is 0. The van der Waals surface area contributed by atoms with E-state index in [4.69, 9.17) is 0 Å². The Kier molecular flexibility index (Phi) is 3.79. The number of hydrazone groups is 1. The van der Waals surface area contributed by atoms with Gasteiger partial charge < -0.3 is 4.98 Å². The number of rotatable bonds is 3. The summed E-state index contributed by atoms with van der Waals surface area (Å²) in [6.07, 6.45) is 6.59. The highest BCUT2D eigenvalue weighted by Gasteiger charge is 2.04. The van der Waals surface area contributed by atoms with Crippen molar-refractivity contribution in [2.75, 3.05) is 0 Å². The van der Waals surface area contributed by atoms with E-state index in [9.17, 15) is 4.79 Å². The zero-order valence-electron chi connectivity index (χ0n) is 10.9.